The van der Waals surface area contributed by atoms with E-state index >= 15 is 0 Å². The molecule has 0 spiro atoms. The lowest BCUT2D eigenvalue weighted by Crippen LogP contribution is -2.45. The smallest absolute Gasteiger partial charge is 0.393 e. The first-order valence-electron chi connectivity index (χ1n) is 11.2. The van der Waals surface area contributed by atoms with Crippen LogP contribution in [0.1, 0.15) is 56.1 Å². The Bertz CT molecular complexity index is 900. The predicted molar refractivity (Wildman–Crippen MR) is 113 cm³/mol. The van der Waals surface area contributed by atoms with E-state index in [2.05, 4.69) is 4.90 Å². The van der Waals surface area contributed by atoms with Crippen molar-refractivity contribution in [3.8, 4) is 11.1 Å². The molecule has 2 aliphatic rings. The number of halogens is 5. The molecule has 0 radical (unpaired) electrons. The average Bonchev–Trinajstić information content (AvgIpc) is 2.99. The van der Waals surface area contributed by atoms with E-state index in [0.29, 0.717) is 36.7 Å². The van der Waals surface area contributed by atoms with Gasteiger partial charge in [-0.15, -0.1) is 0 Å². The Morgan fingerprint density at radius 3 is 2.06 bits per heavy atom. The third kappa shape index (κ3) is 5.15. The first-order valence-corrected chi connectivity index (χ1v) is 11.2. The molecule has 0 aliphatic carbocycles. The molecule has 4 rings (SSSR count). The minimum Gasteiger partial charge on any atom is -0.393 e. The summed E-state index contributed by atoms with van der Waals surface area (Å²) < 4.78 is 70.2. The number of fused-ring (bicyclic) bond motifs is 2. The number of hydrogen-bond donors (Lipinski definition) is 1. The van der Waals surface area contributed by atoms with E-state index < -0.39 is 29.6 Å². The van der Waals surface area contributed by atoms with Crippen molar-refractivity contribution in [3.63, 3.8) is 0 Å². The zero-order valence-electron chi connectivity index (χ0n) is 17.8. The van der Waals surface area contributed by atoms with Crippen molar-refractivity contribution in [2.75, 3.05) is 6.54 Å². The Labute approximate surface area is 185 Å². The van der Waals surface area contributed by atoms with Crippen molar-refractivity contribution in [3.05, 3.63) is 59.7 Å². The first-order chi connectivity index (χ1) is 15.1. The van der Waals surface area contributed by atoms with Crippen LogP contribution in [0.25, 0.3) is 11.1 Å². The Balaban J connectivity index is 1.44. The van der Waals surface area contributed by atoms with Crippen LogP contribution in [-0.4, -0.2) is 34.7 Å². The maximum atomic E-state index is 15.0. The van der Waals surface area contributed by atoms with Crippen LogP contribution in [0.3, 0.4) is 0 Å². The van der Waals surface area contributed by atoms with Crippen molar-refractivity contribution < 1.29 is 27.1 Å². The lowest BCUT2D eigenvalue weighted by molar-refractivity contribution is -0.137. The lowest BCUT2D eigenvalue weighted by atomic mass is 9.94. The quantitative estimate of drug-likeness (QED) is 0.376. The van der Waals surface area contributed by atoms with E-state index in [1.54, 1.807) is 30.3 Å². The zero-order chi connectivity index (χ0) is 22.9. The summed E-state index contributed by atoms with van der Waals surface area (Å²) in [6.07, 6.45) is -1.14. The van der Waals surface area contributed by atoms with Crippen LogP contribution in [0.5, 0.6) is 0 Å². The third-order valence-corrected chi connectivity index (χ3v) is 6.81. The highest BCUT2D eigenvalue weighted by molar-refractivity contribution is 5.65. The number of aliphatic hydroxyl groups is 1. The number of benzene rings is 2. The zero-order valence-corrected chi connectivity index (χ0v) is 17.8. The largest absolute Gasteiger partial charge is 0.416 e. The van der Waals surface area contributed by atoms with Crippen molar-refractivity contribution in [1.82, 2.24) is 4.90 Å². The summed E-state index contributed by atoms with van der Waals surface area (Å²) in [6, 6.07) is 11.6. The van der Waals surface area contributed by atoms with Gasteiger partial charge < -0.3 is 5.11 Å². The Hall–Kier alpha value is -1.99. The van der Waals surface area contributed by atoms with E-state index in [4.69, 9.17) is 0 Å². The minimum absolute atomic E-state index is 0.138. The van der Waals surface area contributed by atoms with Gasteiger partial charge in [0, 0.05) is 24.1 Å². The van der Waals surface area contributed by atoms with Crippen LogP contribution >= 0.6 is 0 Å². The van der Waals surface area contributed by atoms with Gasteiger partial charge in [-0.2, -0.15) is 13.2 Å². The van der Waals surface area contributed by atoms with Crippen molar-refractivity contribution in [2.45, 2.75) is 75.2 Å². The number of alkyl halides is 5. The van der Waals surface area contributed by atoms with Crippen LogP contribution < -0.4 is 0 Å². The SMILES string of the molecule is OC1C[C@H]2CC[C@@H](C1)N2CCCCC(F)(F)c1cc(-c2ccccc2)cc(C(F)(F)F)c1. The van der Waals surface area contributed by atoms with Gasteiger partial charge in [0.2, 0.25) is 0 Å². The monoisotopic (exact) mass is 453 g/mol. The standard InChI is InChI=1S/C25H28F5NO/c26-24(27,10-4-5-11-31-21-8-9-22(31)16-23(32)15-21)19-12-18(17-6-2-1-3-7-17)13-20(14-19)25(28,29)30/h1-3,6-7,12-14,21-23,32H,4-5,8-11,15-16H2/t21-,22+,23?. The van der Waals surface area contributed by atoms with Crippen molar-refractivity contribution in [1.29, 1.82) is 0 Å². The maximum absolute atomic E-state index is 15.0. The van der Waals surface area contributed by atoms with Crippen LogP contribution in [0.2, 0.25) is 0 Å². The normalized spacial score (nSPS) is 24.1. The van der Waals surface area contributed by atoms with Gasteiger partial charge in [0.15, 0.2) is 0 Å². The van der Waals surface area contributed by atoms with Crippen LogP contribution in [0.15, 0.2) is 48.5 Å². The van der Waals surface area contributed by atoms with E-state index in [1.165, 1.54) is 6.07 Å². The molecule has 1 unspecified atom stereocenters. The molecule has 2 saturated heterocycles. The number of rotatable bonds is 7. The molecule has 0 aromatic heterocycles. The summed E-state index contributed by atoms with van der Waals surface area (Å²) >= 11 is 0. The molecule has 3 atom stereocenters. The summed E-state index contributed by atoms with van der Waals surface area (Å²) in [5.41, 5.74) is -1.04. The molecule has 0 saturated carbocycles. The molecule has 2 fully saturated rings. The van der Waals surface area contributed by atoms with Gasteiger partial charge in [0.1, 0.15) is 0 Å². The van der Waals surface area contributed by atoms with E-state index in [9.17, 15) is 27.1 Å². The Morgan fingerprint density at radius 2 is 1.44 bits per heavy atom. The fourth-order valence-corrected chi connectivity index (χ4v) is 5.20. The first kappa shape index (κ1) is 23.2. The molecule has 2 aliphatic heterocycles. The summed E-state index contributed by atoms with van der Waals surface area (Å²) in [5.74, 6) is -3.35. The average molecular weight is 453 g/mol. The Kier molecular flexibility index (Phi) is 6.59. The number of nitrogens with zero attached hydrogens (tertiary/aromatic N) is 1. The number of aliphatic hydroxyl groups excluding tert-OH is 1. The highest BCUT2D eigenvalue weighted by atomic mass is 19.4. The second kappa shape index (κ2) is 9.10. The fraction of sp³-hybridized carbons (Fsp3) is 0.520. The van der Waals surface area contributed by atoms with E-state index in [1.807, 2.05) is 0 Å². The highest BCUT2D eigenvalue weighted by Gasteiger charge is 2.40. The molecule has 2 nitrogen and oxygen atoms in total. The molecule has 32 heavy (non-hydrogen) atoms. The third-order valence-electron chi connectivity index (χ3n) is 6.81. The van der Waals surface area contributed by atoms with Crippen molar-refractivity contribution in [2.24, 2.45) is 0 Å². The second-order valence-electron chi connectivity index (χ2n) is 9.07. The molecular weight excluding hydrogens is 425 g/mol. The van der Waals surface area contributed by atoms with Gasteiger partial charge >= 0.3 is 6.18 Å². The second-order valence-corrected chi connectivity index (χ2v) is 9.07. The summed E-state index contributed by atoms with van der Waals surface area (Å²) in [6.45, 7) is 0.690. The van der Waals surface area contributed by atoms with Gasteiger partial charge in [0.05, 0.1) is 11.7 Å². The molecular formula is C25H28F5NO. The Morgan fingerprint density at radius 1 is 0.812 bits per heavy atom. The number of piperidine rings is 1. The van der Waals surface area contributed by atoms with Gasteiger partial charge in [-0.05, 0) is 74.4 Å². The van der Waals surface area contributed by atoms with Gasteiger partial charge in [-0.3, -0.25) is 4.90 Å². The van der Waals surface area contributed by atoms with Gasteiger partial charge in [0.25, 0.3) is 5.92 Å². The molecule has 2 aromatic carbocycles. The summed E-state index contributed by atoms with van der Waals surface area (Å²) in [5, 5.41) is 9.89. The summed E-state index contributed by atoms with van der Waals surface area (Å²) in [7, 11) is 0. The molecule has 7 heteroatoms. The van der Waals surface area contributed by atoms with Crippen LogP contribution in [0.4, 0.5) is 22.0 Å². The fourth-order valence-electron chi connectivity index (χ4n) is 5.20. The molecule has 2 aromatic rings. The van der Waals surface area contributed by atoms with E-state index in [-0.39, 0.29) is 18.1 Å². The molecule has 2 bridgehead atoms. The van der Waals surface area contributed by atoms with Gasteiger partial charge in [-0.25, -0.2) is 8.78 Å². The lowest BCUT2D eigenvalue weighted by Gasteiger charge is -2.37. The van der Waals surface area contributed by atoms with Crippen LogP contribution in [0, 0.1) is 0 Å². The molecule has 2 heterocycles. The summed E-state index contributed by atoms with van der Waals surface area (Å²) in [4.78, 5) is 2.32. The van der Waals surface area contributed by atoms with Crippen molar-refractivity contribution >= 4 is 0 Å². The minimum atomic E-state index is -4.70. The molecule has 174 valence electrons. The van der Waals surface area contributed by atoms with E-state index in [0.717, 1.165) is 31.7 Å². The highest BCUT2D eigenvalue weighted by Crippen LogP contribution is 2.41. The number of hydrogen-bond acceptors (Lipinski definition) is 2. The topological polar surface area (TPSA) is 23.5 Å². The molecule has 1 N–H and O–H groups in total. The van der Waals surface area contributed by atoms with Crippen LogP contribution in [-0.2, 0) is 12.1 Å². The van der Waals surface area contributed by atoms with Gasteiger partial charge in [-0.1, -0.05) is 30.3 Å². The number of unbranched alkanes of at least 4 members (excludes halogenated alkanes) is 1. The molecule has 0 amide bonds. The maximum Gasteiger partial charge on any atom is 0.416 e. The predicted octanol–water partition coefficient (Wildman–Crippen LogP) is 6.62.